The Hall–Kier alpha value is -2.05. The first-order valence-electron chi connectivity index (χ1n) is 8.26. The Morgan fingerprint density at radius 3 is 2.74 bits per heavy atom. The van der Waals surface area contributed by atoms with E-state index in [2.05, 4.69) is 17.3 Å². The largest absolute Gasteiger partial charge is 0.370 e. The number of hydrogen-bond donors (Lipinski definition) is 2. The number of carbonyl (C=O) groups excluding carboxylic acids is 2. The Kier molecular flexibility index (Phi) is 5.63. The van der Waals surface area contributed by atoms with E-state index in [-0.39, 0.29) is 17.9 Å². The summed E-state index contributed by atoms with van der Waals surface area (Å²) in [6.07, 6.45) is 2.22. The van der Waals surface area contributed by atoms with Crippen LogP contribution in [-0.2, 0) is 17.9 Å². The molecule has 0 radical (unpaired) electrons. The Morgan fingerprint density at radius 2 is 2.13 bits per heavy atom. The summed E-state index contributed by atoms with van der Waals surface area (Å²) in [7, 11) is 0. The van der Waals surface area contributed by atoms with E-state index in [9.17, 15) is 9.59 Å². The van der Waals surface area contributed by atoms with Gasteiger partial charge in [0.25, 0.3) is 0 Å². The molecule has 3 N–H and O–H groups in total. The van der Waals surface area contributed by atoms with Gasteiger partial charge in [-0.3, -0.25) is 9.48 Å². The van der Waals surface area contributed by atoms with Crippen LogP contribution >= 0.6 is 0 Å². The number of nitrogens with two attached hydrogens (primary N) is 1. The normalized spacial score (nSPS) is 18.0. The summed E-state index contributed by atoms with van der Waals surface area (Å²) in [5, 5.41) is 7.44. The van der Waals surface area contributed by atoms with Crippen LogP contribution in [0.1, 0.15) is 43.1 Å². The van der Waals surface area contributed by atoms with E-state index < -0.39 is 0 Å². The Bertz CT molecular complexity index is 581. The SMILES string of the molecule is CCn1nc(C)c(CNC(=O)N2CCC[C@@H](CC(N)=O)C2)c1C. The molecule has 1 atom stereocenters. The van der Waals surface area contributed by atoms with Crippen molar-refractivity contribution in [2.45, 2.75) is 53.1 Å². The maximum Gasteiger partial charge on any atom is 0.317 e. The number of hydrogen-bond acceptors (Lipinski definition) is 3. The van der Waals surface area contributed by atoms with Crippen molar-refractivity contribution in [3.63, 3.8) is 0 Å². The number of piperidine rings is 1. The molecule has 1 aromatic rings. The first-order chi connectivity index (χ1) is 10.9. The molecule has 0 bridgehead atoms. The molecule has 7 heteroatoms. The average Bonchev–Trinajstić information content (AvgIpc) is 2.78. The van der Waals surface area contributed by atoms with Crippen molar-refractivity contribution in [3.8, 4) is 0 Å². The highest BCUT2D eigenvalue weighted by atomic mass is 16.2. The predicted octanol–water partition coefficient (Wildman–Crippen LogP) is 1.32. The van der Waals surface area contributed by atoms with E-state index in [1.165, 1.54) is 0 Å². The van der Waals surface area contributed by atoms with Gasteiger partial charge in [0.15, 0.2) is 0 Å². The van der Waals surface area contributed by atoms with Crippen molar-refractivity contribution in [2.24, 2.45) is 11.7 Å². The number of primary amides is 1. The molecular weight excluding hydrogens is 294 g/mol. The number of nitrogens with one attached hydrogen (secondary N) is 1. The highest BCUT2D eigenvalue weighted by Crippen LogP contribution is 2.19. The number of aromatic nitrogens is 2. The summed E-state index contributed by atoms with van der Waals surface area (Å²) < 4.78 is 1.95. The standard InChI is InChI=1S/C16H27N5O2/c1-4-21-12(3)14(11(2)19-21)9-18-16(23)20-7-5-6-13(10-20)8-15(17)22/h13H,4-10H2,1-3H3,(H2,17,22)(H,18,23)/t13-/m0/s1. The third-order valence-electron chi connectivity index (χ3n) is 4.54. The van der Waals surface area contributed by atoms with Crippen LogP contribution in [0.15, 0.2) is 0 Å². The lowest BCUT2D eigenvalue weighted by Crippen LogP contribution is -2.45. The highest BCUT2D eigenvalue weighted by molar-refractivity contribution is 5.75. The maximum absolute atomic E-state index is 12.4. The average molecular weight is 321 g/mol. The van der Waals surface area contributed by atoms with Gasteiger partial charge in [0.1, 0.15) is 0 Å². The summed E-state index contributed by atoms with van der Waals surface area (Å²) in [5.74, 6) is -0.117. The van der Waals surface area contributed by atoms with E-state index in [4.69, 9.17) is 5.73 Å². The van der Waals surface area contributed by atoms with Crippen molar-refractivity contribution in [3.05, 3.63) is 17.0 Å². The fourth-order valence-electron chi connectivity index (χ4n) is 3.27. The Balaban J connectivity index is 1.92. The van der Waals surface area contributed by atoms with Crippen molar-refractivity contribution in [2.75, 3.05) is 13.1 Å². The van der Waals surface area contributed by atoms with Crippen LogP contribution in [0.3, 0.4) is 0 Å². The fourth-order valence-corrected chi connectivity index (χ4v) is 3.27. The number of aryl methyl sites for hydroxylation is 2. The van der Waals surface area contributed by atoms with Crippen LogP contribution in [0.4, 0.5) is 4.79 Å². The molecule has 2 heterocycles. The molecule has 3 amide bonds. The minimum Gasteiger partial charge on any atom is -0.370 e. The number of urea groups is 1. The van der Waals surface area contributed by atoms with Crippen molar-refractivity contribution >= 4 is 11.9 Å². The van der Waals surface area contributed by atoms with Gasteiger partial charge in [0.05, 0.1) is 5.69 Å². The van der Waals surface area contributed by atoms with Gasteiger partial charge in [-0.2, -0.15) is 5.10 Å². The van der Waals surface area contributed by atoms with E-state index in [0.717, 1.165) is 42.9 Å². The molecule has 1 fully saturated rings. The summed E-state index contributed by atoms with van der Waals surface area (Å²) in [6, 6.07) is -0.0813. The zero-order valence-corrected chi connectivity index (χ0v) is 14.3. The minimum absolute atomic E-state index is 0.0813. The number of likely N-dealkylation sites (tertiary alicyclic amines) is 1. The molecule has 1 aliphatic heterocycles. The molecular formula is C16H27N5O2. The monoisotopic (exact) mass is 321 g/mol. The van der Waals surface area contributed by atoms with Gasteiger partial charge in [-0.25, -0.2) is 4.79 Å². The number of amides is 3. The summed E-state index contributed by atoms with van der Waals surface area (Å²) in [5.41, 5.74) is 8.38. The van der Waals surface area contributed by atoms with Crippen LogP contribution < -0.4 is 11.1 Å². The second-order valence-electron chi connectivity index (χ2n) is 6.25. The molecule has 7 nitrogen and oxygen atoms in total. The van der Waals surface area contributed by atoms with Gasteiger partial charge in [-0.05, 0) is 39.5 Å². The zero-order chi connectivity index (χ0) is 17.0. The Labute approximate surface area is 137 Å². The van der Waals surface area contributed by atoms with Gasteiger partial charge >= 0.3 is 6.03 Å². The predicted molar refractivity (Wildman–Crippen MR) is 87.7 cm³/mol. The Morgan fingerprint density at radius 1 is 1.39 bits per heavy atom. The highest BCUT2D eigenvalue weighted by Gasteiger charge is 2.25. The van der Waals surface area contributed by atoms with Crippen molar-refractivity contribution < 1.29 is 9.59 Å². The zero-order valence-electron chi connectivity index (χ0n) is 14.3. The first-order valence-corrected chi connectivity index (χ1v) is 8.26. The second-order valence-corrected chi connectivity index (χ2v) is 6.25. The first kappa shape index (κ1) is 17.3. The molecule has 1 saturated heterocycles. The molecule has 2 rings (SSSR count). The van der Waals surface area contributed by atoms with Crippen LogP contribution in [0, 0.1) is 19.8 Å². The minimum atomic E-state index is -0.296. The van der Waals surface area contributed by atoms with Gasteiger partial charge in [0.2, 0.25) is 5.91 Å². The molecule has 1 aromatic heterocycles. The van der Waals surface area contributed by atoms with Crippen LogP contribution in [-0.4, -0.2) is 39.7 Å². The van der Waals surface area contributed by atoms with Gasteiger partial charge < -0.3 is 16.0 Å². The molecule has 0 aliphatic carbocycles. The lowest BCUT2D eigenvalue weighted by molar-refractivity contribution is -0.119. The van der Waals surface area contributed by atoms with Gasteiger partial charge in [-0.1, -0.05) is 0 Å². The molecule has 0 unspecified atom stereocenters. The lowest BCUT2D eigenvalue weighted by Gasteiger charge is -2.32. The fraction of sp³-hybridized carbons (Fsp3) is 0.688. The summed E-state index contributed by atoms with van der Waals surface area (Å²) >= 11 is 0. The molecule has 23 heavy (non-hydrogen) atoms. The molecule has 0 spiro atoms. The number of carbonyl (C=O) groups is 2. The van der Waals surface area contributed by atoms with E-state index >= 15 is 0 Å². The maximum atomic E-state index is 12.4. The number of nitrogens with zero attached hydrogens (tertiary/aromatic N) is 3. The van der Waals surface area contributed by atoms with Crippen molar-refractivity contribution in [1.82, 2.24) is 20.0 Å². The summed E-state index contributed by atoms with van der Waals surface area (Å²) in [4.78, 5) is 25.2. The summed E-state index contributed by atoms with van der Waals surface area (Å²) in [6.45, 7) is 8.66. The molecule has 128 valence electrons. The quantitative estimate of drug-likeness (QED) is 0.856. The van der Waals surface area contributed by atoms with Crippen LogP contribution in [0.2, 0.25) is 0 Å². The van der Waals surface area contributed by atoms with Crippen LogP contribution in [0.5, 0.6) is 0 Å². The van der Waals surface area contributed by atoms with Gasteiger partial charge in [0, 0.05) is 43.9 Å². The molecule has 0 aromatic carbocycles. The third-order valence-corrected chi connectivity index (χ3v) is 4.54. The van der Waals surface area contributed by atoms with Crippen molar-refractivity contribution in [1.29, 1.82) is 0 Å². The second kappa shape index (κ2) is 7.48. The van der Waals surface area contributed by atoms with Crippen LogP contribution in [0.25, 0.3) is 0 Å². The van der Waals surface area contributed by atoms with E-state index in [1.807, 2.05) is 18.5 Å². The molecule has 0 saturated carbocycles. The number of rotatable bonds is 5. The smallest absolute Gasteiger partial charge is 0.317 e. The third kappa shape index (κ3) is 4.24. The van der Waals surface area contributed by atoms with Gasteiger partial charge in [-0.15, -0.1) is 0 Å². The molecule has 1 aliphatic rings. The lowest BCUT2D eigenvalue weighted by atomic mass is 9.95. The topological polar surface area (TPSA) is 93.2 Å². The van der Waals surface area contributed by atoms with E-state index in [1.54, 1.807) is 4.90 Å². The van der Waals surface area contributed by atoms with E-state index in [0.29, 0.717) is 19.5 Å².